The molecule has 5 nitrogen and oxygen atoms in total. The Bertz CT molecular complexity index is 669. The Morgan fingerprint density at radius 1 is 0.810 bits per heavy atom. The van der Waals surface area contributed by atoms with E-state index in [4.69, 9.17) is 0 Å². The fraction of sp³-hybridized carbons (Fsp3) is 0.200. The summed E-state index contributed by atoms with van der Waals surface area (Å²) < 4.78 is 32.3. The average Bonchev–Trinajstić information content (AvgIpc) is 2.47. The molecule has 0 atom stereocenters. The molecule has 0 heterocycles. The van der Waals surface area contributed by atoms with E-state index in [9.17, 15) is 23.2 Å². The molecule has 0 aliphatic carbocycles. The third-order valence-electron chi connectivity index (χ3n) is 3.71. The van der Waals surface area contributed by atoms with E-state index in [0.29, 0.717) is 11.1 Å². The van der Waals surface area contributed by atoms with Gasteiger partial charge in [0.15, 0.2) is 0 Å². The summed E-state index contributed by atoms with van der Waals surface area (Å²) in [5.41, 5.74) is -1.07. The summed E-state index contributed by atoms with van der Waals surface area (Å²) in [6.07, 6.45) is 0. The van der Waals surface area contributed by atoms with Gasteiger partial charge in [0.1, 0.15) is 0 Å². The lowest BCUT2D eigenvalue weighted by molar-refractivity contribution is -0.131. The molecule has 2 aromatic rings. The smallest absolute Gasteiger partial charge is 0.322 e. The first-order valence-electron chi connectivity index (χ1n) is 6.24. The van der Waals surface area contributed by atoms with Gasteiger partial charge >= 0.3 is 15.2 Å². The average molecular weight is 308 g/mol. The summed E-state index contributed by atoms with van der Waals surface area (Å²) in [4.78, 5) is 0. The minimum Gasteiger partial charge on any atom is -0.351 e. The third-order valence-corrected chi connectivity index (χ3v) is 4.84. The molecule has 0 saturated heterocycles. The lowest BCUT2D eigenvalue weighted by Gasteiger charge is -2.39. The van der Waals surface area contributed by atoms with Gasteiger partial charge in [0, 0.05) is 0 Å². The molecule has 3 N–H and O–H groups in total. The van der Waals surface area contributed by atoms with Crippen LogP contribution in [0.5, 0.6) is 0 Å². The highest BCUT2D eigenvalue weighted by atomic mass is 32.2. The molecule has 6 heteroatoms. The van der Waals surface area contributed by atoms with E-state index < -0.39 is 20.7 Å². The third kappa shape index (κ3) is 2.47. The van der Waals surface area contributed by atoms with Gasteiger partial charge in [0.05, 0.1) is 5.41 Å². The van der Waals surface area contributed by atoms with Crippen LogP contribution in [0, 0.1) is 0 Å². The van der Waals surface area contributed by atoms with Gasteiger partial charge in [0.2, 0.25) is 0 Å². The normalized spacial score (nSPS) is 13.1. The van der Waals surface area contributed by atoms with E-state index >= 15 is 0 Å². The lowest BCUT2D eigenvalue weighted by atomic mass is 9.75. The van der Waals surface area contributed by atoms with Gasteiger partial charge in [-0.05, 0) is 18.1 Å². The fourth-order valence-electron chi connectivity index (χ4n) is 2.34. The summed E-state index contributed by atoms with van der Waals surface area (Å²) >= 11 is 0. The Labute approximate surface area is 123 Å². The van der Waals surface area contributed by atoms with Crippen LogP contribution in [0.1, 0.15) is 18.1 Å². The summed E-state index contributed by atoms with van der Waals surface area (Å²) in [7, 11) is -5.15. The van der Waals surface area contributed by atoms with E-state index in [-0.39, 0.29) is 0 Å². The number of aliphatic hydroxyl groups is 2. The fourth-order valence-corrected chi connectivity index (χ4v) is 3.10. The van der Waals surface area contributed by atoms with E-state index in [1.165, 1.54) is 6.92 Å². The molecule has 0 bridgehead atoms. The minimum atomic E-state index is -5.15. The molecular weight excluding hydrogens is 292 g/mol. The standard InChI is InChI=1S/C15H16O5S/c1-14(12-8-4-2-5-9-12,13-10-6-3-7-11-13)15(16,17)21(18,19)20/h2-11,16-17H,1H3,(H,18,19,20). The summed E-state index contributed by atoms with van der Waals surface area (Å²) in [6, 6.07) is 16.3. The SMILES string of the molecule is CC(c1ccccc1)(c1ccccc1)C(O)(O)S(=O)(=O)O. The van der Waals surface area contributed by atoms with Crippen molar-refractivity contribution in [3.8, 4) is 0 Å². The van der Waals surface area contributed by atoms with E-state index in [2.05, 4.69) is 0 Å². The van der Waals surface area contributed by atoms with Gasteiger partial charge in [-0.15, -0.1) is 0 Å². The van der Waals surface area contributed by atoms with Crippen molar-refractivity contribution in [1.29, 1.82) is 0 Å². The molecule has 0 unspecified atom stereocenters. The quantitative estimate of drug-likeness (QED) is 0.588. The number of benzene rings is 2. The van der Waals surface area contributed by atoms with Crippen molar-refractivity contribution in [1.82, 2.24) is 0 Å². The molecule has 0 aliphatic heterocycles. The van der Waals surface area contributed by atoms with Gasteiger partial charge in [-0.25, -0.2) is 0 Å². The van der Waals surface area contributed by atoms with Gasteiger partial charge in [-0.3, -0.25) is 4.55 Å². The Balaban J connectivity index is 2.79. The van der Waals surface area contributed by atoms with Crippen molar-refractivity contribution in [2.75, 3.05) is 0 Å². The van der Waals surface area contributed by atoms with Gasteiger partial charge < -0.3 is 10.2 Å². The van der Waals surface area contributed by atoms with Crippen LogP contribution in [-0.4, -0.2) is 28.3 Å². The maximum atomic E-state index is 11.5. The largest absolute Gasteiger partial charge is 0.351 e. The summed E-state index contributed by atoms with van der Waals surface area (Å²) in [5.74, 6) is 0. The number of hydrogen-bond acceptors (Lipinski definition) is 4. The molecule has 2 rings (SSSR count). The van der Waals surface area contributed by atoms with E-state index in [1.54, 1.807) is 60.7 Å². The van der Waals surface area contributed by atoms with E-state index in [0.717, 1.165) is 0 Å². The zero-order valence-corrected chi connectivity index (χ0v) is 12.2. The molecule has 112 valence electrons. The second kappa shape index (κ2) is 5.23. The molecule has 0 saturated carbocycles. The second-order valence-electron chi connectivity index (χ2n) is 4.94. The van der Waals surface area contributed by atoms with Crippen molar-refractivity contribution in [2.45, 2.75) is 17.5 Å². The predicted molar refractivity (Wildman–Crippen MR) is 78.1 cm³/mol. The van der Waals surface area contributed by atoms with Gasteiger partial charge in [-0.2, -0.15) is 8.42 Å². The molecule has 0 amide bonds. The lowest BCUT2D eigenvalue weighted by Crippen LogP contribution is -2.55. The molecule has 2 aromatic carbocycles. The molecule has 0 radical (unpaired) electrons. The van der Waals surface area contributed by atoms with Crippen molar-refractivity contribution in [3.05, 3.63) is 71.8 Å². The Kier molecular flexibility index (Phi) is 3.90. The summed E-state index contributed by atoms with van der Waals surface area (Å²) in [5, 5.41) is 17.0. The van der Waals surface area contributed by atoms with Crippen LogP contribution >= 0.6 is 0 Å². The van der Waals surface area contributed by atoms with E-state index in [1.807, 2.05) is 0 Å². The second-order valence-corrected chi connectivity index (χ2v) is 6.46. The highest BCUT2D eigenvalue weighted by molar-refractivity contribution is 7.86. The molecule has 0 fully saturated rings. The van der Waals surface area contributed by atoms with Crippen LogP contribution in [0.25, 0.3) is 0 Å². The van der Waals surface area contributed by atoms with Crippen molar-refractivity contribution < 1.29 is 23.2 Å². The monoisotopic (exact) mass is 308 g/mol. The topological polar surface area (TPSA) is 94.8 Å². The minimum absolute atomic E-state index is 0.346. The number of rotatable bonds is 4. The van der Waals surface area contributed by atoms with Crippen molar-refractivity contribution in [3.63, 3.8) is 0 Å². The molecule has 0 aliphatic rings. The molecule has 21 heavy (non-hydrogen) atoms. The zero-order valence-electron chi connectivity index (χ0n) is 11.3. The highest BCUT2D eigenvalue weighted by Crippen LogP contribution is 2.42. The Morgan fingerprint density at radius 3 is 1.43 bits per heavy atom. The molecule has 0 aromatic heterocycles. The maximum Gasteiger partial charge on any atom is 0.322 e. The summed E-state index contributed by atoms with van der Waals surface area (Å²) in [6.45, 7) is 1.35. The van der Waals surface area contributed by atoms with Crippen LogP contribution < -0.4 is 0 Å². The van der Waals surface area contributed by atoms with Crippen molar-refractivity contribution >= 4 is 10.1 Å². The molecule has 0 spiro atoms. The molecular formula is C15H16O5S. The van der Waals surface area contributed by atoms with Crippen molar-refractivity contribution in [2.24, 2.45) is 0 Å². The maximum absolute atomic E-state index is 11.5. The first-order chi connectivity index (χ1) is 9.71. The highest BCUT2D eigenvalue weighted by Gasteiger charge is 2.57. The van der Waals surface area contributed by atoms with Crippen LogP contribution in [0.4, 0.5) is 0 Å². The van der Waals surface area contributed by atoms with Gasteiger partial charge in [0.25, 0.3) is 0 Å². The first kappa shape index (κ1) is 15.7. The predicted octanol–water partition coefficient (Wildman–Crippen LogP) is 1.52. The first-order valence-corrected chi connectivity index (χ1v) is 7.68. The van der Waals surface area contributed by atoms with Crippen LogP contribution in [0.2, 0.25) is 0 Å². The Hall–Kier alpha value is -1.73. The Morgan fingerprint density at radius 2 is 1.14 bits per heavy atom. The number of hydrogen-bond donors (Lipinski definition) is 3. The van der Waals surface area contributed by atoms with Crippen LogP contribution in [-0.2, 0) is 15.5 Å². The zero-order chi connectivity index (χ0) is 15.7. The van der Waals surface area contributed by atoms with Crippen LogP contribution in [0.15, 0.2) is 60.7 Å². The van der Waals surface area contributed by atoms with Crippen LogP contribution in [0.3, 0.4) is 0 Å². The van der Waals surface area contributed by atoms with Gasteiger partial charge in [-0.1, -0.05) is 60.7 Å².